The SMILES string of the molecule is C[C@@H]1[C@H](NC(=O)c2ccc(Oc3ccccc3S(N)(=O)=O)s2)C2CCN1CC2. The topological polar surface area (TPSA) is 102 Å². The van der Waals surface area contributed by atoms with E-state index in [2.05, 4.69) is 17.1 Å². The van der Waals surface area contributed by atoms with Gasteiger partial charge in [0, 0.05) is 12.1 Å². The molecular formula is C19H23N3O4S2. The van der Waals surface area contributed by atoms with Crippen molar-refractivity contribution >= 4 is 27.3 Å². The van der Waals surface area contributed by atoms with Crippen LogP contribution in [0.25, 0.3) is 0 Å². The van der Waals surface area contributed by atoms with E-state index in [-0.39, 0.29) is 22.6 Å². The Hall–Kier alpha value is -1.94. The molecule has 9 heteroatoms. The maximum Gasteiger partial charge on any atom is 0.261 e. The Morgan fingerprint density at radius 1 is 1.21 bits per heavy atom. The second-order valence-electron chi connectivity index (χ2n) is 7.33. The number of hydrogen-bond donors (Lipinski definition) is 2. The average molecular weight is 422 g/mol. The van der Waals surface area contributed by atoms with E-state index in [1.54, 1.807) is 24.3 Å². The van der Waals surface area contributed by atoms with Crippen LogP contribution in [0.5, 0.6) is 10.8 Å². The molecule has 3 saturated heterocycles. The summed E-state index contributed by atoms with van der Waals surface area (Å²) in [4.78, 5) is 15.6. The first-order chi connectivity index (χ1) is 13.3. The second kappa shape index (κ2) is 7.47. The minimum atomic E-state index is -3.90. The molecule has 0 spiro atoms. The summed E-state index contributed by atoms with van der Waals surface area (Å²) < 4.78 is 29.1. The van der Waals surface area contributed by atoms with Gasteiger partial charge in [-0.2, -0.15) is 0 Å². The Kier molecular flexibility index (Phi) is 5.17. The molecule has 5 rings (SSSR count). The van der Waals surface area contributed by atoms with Crippen LogP contribution in [-0.4, -0.2) is 44.4 Å². The van der Waals surface area contributed by atoms with Gasteiger partial charge >= 0.3 is 0 Å². The van der Waals surface area contributed by atoms with Crippen molar-refractivity contribution in [3.8, 4) is 10.8 Å². The first-order valence-electron chi connectivity index (χ1n) is 9.27. The third-order valence-corrected chi connectivity index (χ3v) is 7.56. The van der Waals surface area contributed by atoms with E-state index in [4.69, 9.17) is 9.88 Å². The molecule has 4 heterocycles. The fourth-order valence-corrected chi connectivity index (χ4v) is 5.57. The van der Waals surface area contributed by atoms with Crippen LogP contribution >= 0.6 is 11.3 Å². The largest absolute Gasteiger partial charge is 0.445 e. The van der Waals surface area contributed by atoms with Crippen LogP contribution in [0.2, 0.25) is 0 Å². The number of carbonyl (C=O) groups excluding carboxylic acids is 1. The van der Waals surface area contributed by atoms with Gasteiger partial charge in [0.05, 0.1) is 4.88 Å². The molecule has 150 valence electrons. The van der Waals surface area contributed by atoms with E-state index < -0.39 is 10.0 Å². The monoisotopic (exact) mass is 421 g/mol. The van der Waals surface area contributed by atoms with E-state index in [1.165, 1.54) is 23.5 Å². The molecule has 0 radical (unpaired) electrons. The summed E-state index contributed by atoms with van der Waals surface area (Å²) in [7, 11) is -3.90. The number of piperidine rings is 3. The van der Waals surface area contributed by atoms with Crippen molar-refractivity contribution in [3.63, 3.8) is 0 Å². The molecule has 2 atom stereocenters. The lowest BCUT2D eigenvalue weighted by Gasteiger charge is -2.49. The minimum absolute atomic E-state index is 0.0875. The number of para-hydroxylation sites is 1. The number of carbonyl (C=O) groups is 1. The van der Waals surface area contributed by atoms with Crippen molar-refractivity contribution in [3.05, 3.63) is 41.3 Å². The predicted molar refractivity (Wildman–Crippen MR) is 107 cm³/mol. The molecule has 1 amide bonds. The van der Waals surface area contributed by atoms with Gasteiger partial charge in [-0.25, -0.2) is 13.6 Å². The van der Waals surface area contributed by atoms with Crippen molar-refractivity contribution in [2.45, 2.75) is 36.7 Å². The number of fused-ring (bicyclic) bond motifs is 3. The third-order valence-electron chi connectivity index (χ3n) is 5.65. The smallest absolute Gasteiger partial charge is 0.261 e. The summed E-state index contributed by atoms with van der Waals surface area (Å²) in [6, 6.07) is 10.0. The predicted octanol–water partition coefficient (Wildman–Crippen LogP) is 2.40. The van der Waals surface area contributed by atoms with Crippen molar-refractivity contribution in [2.75, 3.05) is 13.1 Å². The Labute approximate surface area is 168 Å². The summed E-state index contributed by atoms with van der Waals surface area (Å²) in [5.41, 5.74) is 0. The molecule has 0 saturated carbocycles. The van der Waals surface area contributed by atoms with Crippen LogP contribution in [0.1, 0.15) is 29.4 Å². The van der Waals surface area contributed by atoms with E-state index in [0.717, 1.165) is 25.9 Å². The lowest BCUT2D eigenvalue weighted by Crippen LogP contribution is -2.62. The zero-order valence-corrected chi connectivity index (χ0v) is 17.1. The number of hydrogen-bond acceptors (Lipinski definition) is 6. The van der Waals surface area contributed by atoms with Gasteiger partial charge in [-0.05, 0) is 63.0 Å². The van der Waals surface area contributed by atoms with Crippen LogP contribution in [0.4, 0.5) is 0 Å². The number of nitrogens with one attached hydrogen (secondary N) is 1. The highest BCUT2D eigenvalue weighted by atomic mass is 32.2. The molecule has 2 aromatic rings. The highest BCUT2D eigenvalue weighted by Gasteiger charge is 2.40. The van der Waals surface area contributed by atoms with Crippen LogP contribution in [0.15, 0.2) is 41.3 Å². The molecule has 0 aliphatic carbocycles. The van der Waals surface area contributed by atoms with Gasteiger partial charge < -0.3 is 10.1 Å². The fraction of sp³-hybridized carbons (Fsp3) is 0.421. The molecule has 3 N–H and O–H groups in total. The molecule has 1 aromatic heterocycles. The van der Waals surface area contributed by atoms with E-state index in [0.29, 0.717) is 21.9 Å². The first kappa shape index (κ1) is 19.4. The zero-order valence-electron chi connectivity index (χ0n) is 15.5. The Morgan fingerprint density at radius 3 is 2.61 bits per heavy atom. The number of rotatable bonds is 5. The van der Waals surface area contributed by atoms with Gasteiger partial charge in [-0.15, -0.1) is 0 Å². The summed E-state index contributed by atoms with van der Waals surface area (Å²) >= 11 is 1.18. The minimum Gasteiger partial charge on any atom is -0.445 e. The lowest BCUT2D eigenvalue weighted by molar-refractivity contribution is 0.0218. The summed E-state index contributed by atoms with van der Waals surface area (Å²) in [5, 5.41) is 8.86. The second-order valence-corrected chi connectivity index (χ2v) is 9.90. The number of nitrogens with zero attached hydrogens (tertiary/aromatic N) is 1. The van der Waals surface area contributed by atoms with E-state index >= 15 is 0 Å². The van der Waals surface area contributed by atoms with Crippen molar-refractivity contribution in [1.29, 1.82) is 0 Å². The van der Waals surface area contributed by atoms with Crippen molar-refractivity contribution < 1.29 is 17.9 Å². The van der Waals surface area contributed by atoms with Crippen molar-refractivity contribution in [1.82, 2.24) is 10.2 Å². The highest BCUT2D eigenvalue weighted by Crippen LogP contribution is 2.35. The van der Waals surface area contributed by atoms with Crippen molar-refractivity contribution in [2.24, 2.45) is 11.1 Å². The maximum absolute atomic E-state index is 12.7. The summed E-state index contributed by atoms with van der Waals surface area (Å²) in [5.74, 6) is 0.552. The number of amides is 1. The van der Waals surface area contributed by atoms with Gasteiger partial charge in [-0.1, -0.05) is 23.5 Å². The lowest BCUT2D eigenvalue weighted by atomic mass is 9.79. The van der Waals surface area contributed by atoms with E-state index in [1.807, 2.05) is 0 Å². The zero-order chi connectivity index (χ0) is 19.9. The Morgan fingerprint density at radius 2 is 1.93 bits per heavy atom. The van der Waals surface area contributed by atoms with Gasteiger partial charge in [0.15, 0.2) is 5.06 Å². The van der Waals surface area contributed by atoms with Gasteiger partial charge in [0.25, 0.3) is 5.91 Å². The normalized spacial score (nSPS) is 26.8. The average Bonchev–Trinajstić information content (AvgIpc) is 3.13. The van der Waals surface area contributed by atoms with Gasteiger partial charge in [0.2, 0.25) is 10.0 Å². The third kappa shape index (κ3) is 3.80. The molecule has 7 nitrogen and oxygen atoms in total. The van der Waals surface area contributed by atoms with Crippen LogP contribution in [-0.2, 0) is 10.0 Å². The van der Waals surface area contributed by atoms with Crippen LogP contribution in [0, 0.1) is 5.92 Å². The number of benzene rings is 1. The molecule has 2 bridgehead atoms. The number of ether oxygens (including phenoxy) is 1. The van der Waals surface area contributed by atoms with Gasteiger partial charge in [0.1, 0.15) is 10.6 Å². The number of primary sulfonamides is 1. The van der Waals surface area contributed by atoms with Gasteiger partial charge in [-0.3, -0.25) is 9.69 Å². The number of sulfonamides is 1. The first-order valence-corrected chi connectivity index (χ1v) is 11.6. The number of nitrogens with two attached hydrogens (primary N) is 1. The highest BCUT2D eigenvalue weighted by molar-refractivity contribution is 7.89. The molecule has 0 unspecified atom stereocenters. The Balaban J connectivity index is 1.47. The molecule has 3 aliphatic heterocycles. The molecule has 3 fully saturated rings. The Bertz CT molecular complexity index is 979. The number of thiophene rings is 1. The quantitative estimate of drug-likeness (QED) is 0.772. The molecule has 3 aliphatic rings. The van der Waals surface area contributed by atoms with Crippen LogP contribution < -0.4 is 15.2 Å². The fourth-order valence-electron chi connectivity index (χ4n) is 4.14. The molecule has 1 aromatic carbocycles. The maximum atomic E-state index is 12.7. The summed E-state index contributed by atoms with van der Waals surface area (Å²) in [6.07, 6.45) is 2.25. The van der Waals surface area contributed by atoms with Crippen LogP contribution in [0.3, 0.4) is 0 Å². The summed E-state index contributed by atoms with van der Waals surface area (Å²) in [6.45, 7) is 4.39. The van der Waals surface area contributed by atoms with E-state index in [9.17, 15) is 13.2 Å². The standard InChI is InChI=1S/C19H23N3O4S2/c1-12-18(13-8-10-22(12)11-9-13)21-19(23)15-6-7-17(27-15)26-14-4-2-3-5-16(14)28(20,24)25/h2-7,12-13,18H,8-11H2,1H3,(H,21,23)(H2,20,24,25)/t12-,18+/m1/s1. The molecule has 28 heavy (non-hydrogen) atoms. The molecular weight excluding hydrogens is 398 g/mol.